The Morgan fingerprint density at radius 1 is 1.38 bits per heavy atom. The van der Waals surface area contributed by atoms with Gasteiger partial charge >= 0.3 is 6.18 Å². The van der Waals surface area contributed by atoms with Crippen molar-refractivity contribution < 1.29 is 13.2 Å². The number of hydrogen-bond acceptors (Lipinski definition) is 1. The van der Waals surface area contributed by atoms with Gasteiger partial charge in [-0.2, -0.15) is 18.3 Å². The highest BCUT2D eigenvalue weighted by Gasteiger charge is 2.35. The van der Waals surface area contributed by atoms with E-state index in [0.717, 1.165) is 31.7 Å². The summed E-state index contributed by atoms with van der Waals surface area (Å²) in [6.45, 7) is 0. The number of hydrogen-bond donors (Lipinski definition) is 0. The van der Waals surface area contributed by atoms with Crippen LogP contribution in [0.15, 0.2) is 6.07 Å². The Morgan fingerprint density at radius 2 is 2.00 bits per heavy atom. The lowest BCUT2D eigenvalue weighted by molar-refractivity contribution is -0.141. The zero-order valence-corrected chi connectivity index (χ0v) is 9.35. The Hall–Kier alpha value is -0.710. The normalized spacial score (nSPS) is 18.2. The van der Waals surface area contributed by atoms with E-state index in [1.54, 1.807) is 0 Å². The molecule has 1 aliphatic rings. The van der Waals surface area contributed by atoms with Gasteiger partial charge < -0.3 is 0 Å². The van der Waals surface area contributed by atoms with Gasteiger partial charge in [0.05, 0.1) is 17.6 Å². The first-order valence-electron chi connectivity index (χ1n) is 5.24. The van der Waals surface area contributed by atoms with Gasteiger partial charge in [-0.15, -0.1) is 11.6 Å². The lowest BCUT2D eigenvalue weighted by atomic mass is 10.2. The van der Waals surface area contributed by atoms with Crippen molar-refractivity contribution in [1.82, 2.24) is 9.78 Å². The predicted octanol–water partition coefficient (Wildman–Crippen LogP) is 3.76. The second-order valence-corrected chi connectivity index (χ2v) is 4.30. The van der Waals surface area contributed by atoms with Crippen molar-refractivity contribution in [3.63, 3.8) is 0 Å². The van der Waals surface area contributed by atoms with Crippen LogP contribution in [0.2, 0.25) is 0 Å². The highest BCUT2D eigenvalue weighted by molar-refractivity contribution is 6.16. The molecule has 2 nitrogen and oxygen atoms in total. The van der Waals surface area contributed by atoms with Crippen LogP contribution in [-0.4, -0.2) is 9.78 Å². The minimum absolute atomic E-state index is 0.0690. The van der Waals surface area contributed by atoms with Crippen molar-refractivity contribution in [3.8, 4) is 0 Å². The van der Waals surface area contributed by atoms with Crippen LogP contribution < -0.4 is 0 Å². The van der Waals surface area contributed by atoms with Crippen molar-refractivity contribution >= 4 is 11.6 Å². The molecule has 1 saturated carbocycles. The van der Waals surface area contributed by atoms with Crippen LogP contribution in [-0.2, 0) is 12.1 Å². The summed E-state index contributed by atoms with van der Waals surface area (Å²) in [5.74, 6) is 0.0690. The molecule has 0 N–H and O–H groups in total. The quantitative estimate of drug-likeness (QED) is 0.733. The van der Waals surface area contributed by atoms with Gasteiger partial charge in [0.2, 0.25) is 0 Å². The van der Waals surface area contributed by atoms with Crippen molar-refractivity contribution in [3.05, 3.63) is 17.5 Å². The molecular weight excluding hydrogens is 241 g/mol. The van der Waals surface area contributed by atoms with Crippen LogP contribution in [0.1, 0.15) is 43.1 Å². The Labute approximate surface area is 96.4 Å². The van der Waals surface area contributed by atoms with Gasteiger partial charge in [-0.05, 0) is 18.9 Å². The van der Waals surface area contributed by atoms with Crippen LogP contribution >= 0.6 is 11.6 Å². The Balaban J connectivity index is 2.32. The molecule has 0 aliphatic heterocycles. The topological polar surface area (TPSA) is 17.8 Å². The monoisotopic (exact) mass is 252 g/mol. The number of aromatic nitrogens is 2. The largest absolute Gasteiger partial charge is 0.435 e. The molecule has 1 fully saturated rings. The Kier molecular flexibility index (Phi) is 3.15. The van der Waals surface area contributed by atoms with E-state index >= 15 is 0 Å². The van der Waals surface area contributed by atoms with E-state index < -0.39 is 11.9 Å². The van der Waals surface area contributed by atoms with E-state index in [1.807, 2.05) is 0 Å². The molecule has 0 aromatic carbocycles. The van der Waals surface area contributed by atoms with Crippen LogP contribution in [0.5, 0.6) is 0 Å². The summed E-state index contributed by atoms with van der Waals surface area (Å²) in [7, 11) is 0. The van der Waals surface area contributed by atoms with E-state index in [4.69, 9.17) is 11.6 Å². The molecule has 0 amide bonds. The van der Waals surface area contributed by atoms with Gasteiger partial charge in [0.25, 0.3) is 0 Å². The summed E-state index contributed by atoms with van der Waals surface area (Å²) in [6, 6.07) is 1.13. The molecule has 2 rings (SSSR count). The van der Waals surface area contributed by atoms with Gasteiger partial charge in [-0.3, -0.25) is 4.68 Å². The van der Waals surface area contributed by atoms with Crippen molar-refractivity contribution in [2.24, 2.45) is 0 Å². The van der Waals surface area contributed by atoms with Crippen LogP contribution in [0.4, 0.5) is 13.2 Å². The fraction of sp³-hybridized carbons (Fsp3) is 0.700. The van der Waals surface area contributed by atoms with Crippen molar-refractivity contribution in [1.29, 1.82) is 0 Å². The SMILES string of the molecule is FC(F)(F)c1cc(CCl)n(C2CCCC2)n1. The van der Waals surface area contributed by atoms with Gasteiger partial charge in [0.15, 0.2) is 5.69 Å². The van der Waals surface area contributed by atoms with Crippen LogP contribution in [0.3, 0.4) is 0 Å². The first kappa shape index (κ1) is 11.8. The van der Waals surface area contributed by atoms with Crippen molar-refractivity contribution in [2.45, 2.75) is 43.8 Å². The van der Waals surface area contributed by atoms with Gasteiger partial charge in [0.1, 0.15) is 0 Å². The summed E-state index contributed by atoms with van der Waals surface area (Å²) in [5.41, 5.74) is -0.379. The molecule has 0 radical (unpaired) electrons. The standard InChI is InChI=1S/C10H12ClF3N2/c11-6-8-5-9(10(12,13)14)15-16(8)7-3-1-2-4-7/h5,7H,1-4,6H2. The van der Waals surface area contributed by atoms with Gasteiger partial charge in [-0.25, -0.2) is 0 Å². The fourth-order valence-corrected chi connectivity index (χ4v) is 2.34. The third-order valence-corrected chi connectivity index (χ3v) is 3.18. The number of nitrogens with zero attached hydrogens (tertiary/aromatic N) is 2. The summed E-state index contributed by atoms with van der Waals surface area (Å²) in [4.78, 5) is 0. The third kappa shape index (κ3) is 2.19. The van der Waals surface area contributed by atoms with Crippen LogP contribution in [0, 0.1) is 0 Å². The van der Waals surface area contributed by atoms with E-state index in [1.165, 1.54) is 4.68 Å². The minimum Gasteiger partial charge on any atom is -0.265 e. The molecule has 1 heterocycles. The molecule has 0 spiro atoms. The summed E-state index contributed by atoms with van der Waals surface area (Å²) < 4.78 is 38.9. The van der Waals surface area contributed by atoms with E-state index in [0.29, 0.717) is 5.69 Å². The van der Waals surface area contributed by atoms with E-state index in [2.05, 4.69) is 5.10 Å². The second kappa shape index (κ2) is 4.28. The molecule has 0 bridgehead atoms. The molecule has 16 heavy (non-hydrogen) atoms. The highest BCUT2D eigenvalue weighted by Crippen LogP contribution is 2.34. The first-order valence-corrected chi connectivity index (χ1v) is 5.77. The Bertz CT molecular complexity index is 367. The lowest BCUT2D eigenvalue weighted by Gasteiger charge is -2.12. The summed E-state index contributed by atoms with van der Waals surface area (Å²) in [6.07, 6.45) is -0.502. The van der Waals surface area contributed by atoms with Crippen molar-refractivity contribution in [2.75, 3.05) is 0 Å². The molecule has 1 aromatic heterocycles. The predicted molar refractivity (Wildman–Crippen MR) is 54.3 cm³/mol. The van der Waals surface area contributed by atoms with E-state index in [9.17, 15) is 13.2 Å². The highest BCUT2D eigenvalue weighted by atomic mass is 35.5. The first-order chi connectivity index (χ1) is 7.52. The number of alkyl halides is 4. The van der Waals surface area contributed by atoms with E-state index in [-0.39, 0.29) is 11.9 Å². The molecule has 0 saturated heterocycles. The molecular formula is C10H12ClF3N2. The summed E-state index contributed by atoms with van der Waals surface area (Å²) >= 11 is 5.65. The molecule has 90 valence electrons. The number of halogens is 4. The Morgan fingerprint density at radius 3 is 2.50 bits per heavy atom. The zero-order valence-electron chi connectivity index (χ0n) is 8.60. The van der Waals surface area contributed by atoms with Gasteiger partial charge in [0, 0.05) is 0 Å². The molecule has 0 unspecified atom stereocenters. The molecule has 0 atom stereocenters. The maximum atomic E-state index is 12.5. The zero-order chi connectivity index (χ0) is 11.8. The van der Waals surface area contributed by atoms with Gasteiger partial charge in [-0.1, -0.05) is 12.8 Å². The number of rotatable bonds is 2. The van der Waals surface area contributed by atoms with Crippen LogP contribution in [0.25, 0.3) is 0 Å². The smallest absolute Gasteiger partial charge is 0.265 e. The molecule has 1 aliphatic carbocycles. The maximum Gasteiger partial charge on any atom is 0.435 e. The molecule has 6 heteroatoms. The summed E-state index contributed by atoms with van der Waals surface area (Å²) in [5, 5.41) is 3.64. The third-order valence-electron chi connectivity index (χ3n) is 2.91. The second-order valence-electron chi connectivity index (χ2n) is 4.04. The average Bonchev–Trinajstić information content (AvgIpc) is 2.85. The molecule has 1 aromatic rings. The average molecular weight is 253 g/mol. The lowest BCUT2D eigenvalue weighted by Crippen LogP contribution is -2.12. The minimum atomic E-state index is -4.38. The fourth-order valence-electron chi connectivity index (χ4n) is 2.14. The maximum absolute atomic E-state index is 12.5.